The van der Waals surface area contributed by atoms with E-state index in [0.717, 1.165) is 35.0 Å². The average molecular weight is 352 g/mol. The summed E-state index contributed by atoms with van der Waals surface area (Å²) in [5, 5.41) is 11.7. The van der Waals surface area contributed by atoms with Crippen LogP contribution in [-0.2, 0) is 6.42 Å². The first-order valence-electron chi connectivity index (χ1n) is 7.19. The van der Waals surface area contributed by atoms with Gasteiger partial charge in [-0.25, -0.2) is 0 Å². The Balaban J connectivity index is 1.93. The van der Waals surface area contributed by atoms with Gasteiger partial charge in [-0.2, -0.15) is 0 Å². The molecule has 1 aromatic heterocycles. The summed E-state index contributed by atoms with van der Waals surface area (Å²) in [6, 6.07) is 6.03. The van der Waals surface area contributed by atoms with E-state index in [-0.39, 0.29) is 5.54 Å². The Morgan fingerprint density at radius 2 is 2.00 bits per heavy atom. The van der Waals surface area contributed by atoms with Crippen LogP contribution in [0.2, 0.25) is 0 Å². The Hall–Kier alpha value is -1.20. The summed E-state index contributed by atoms with van der Waals surface area (Å²) in [6.07, 6.45) is 1.78. The molecule has 0 aliphatic rings. The molecule has 114 valence electrons. The Labute approximate surface area is 134 Å². The second-order valence-electron chi connectivity index (χ2n) is 6.25. The van der Waals surface area contributed by atoms with Crippen LogP contribution < -0.4 is 5.32 Å². The fourth-order valence-corrected chi connectivity index (χ4v) is 2.20. The van der Waals surface area contributed by atoms with E-state index in [1.807, 2.05) is 25.1 Å². The van der Waals surface area contributed by atoms with Crippen molar-refractivity contribution in [1.82, 2.24) is 15.5 Å². The Kier molecular flexibility index (Phi) is 5.17. The molecule has 0 saturated heterocycles. The van der Waals surface area contributed by atoms with Crippen molar-refractivity contribution in [3.05, 3.63) is 34.1 Å². The van der Waals surface area contributed by atoms with Crippen LogP contribution in [0.15, 0.2) is 27.1 Å². The Morgan fingerprint density at radius 3 is 2.67 bits per heavy atom. The van der Waals surface area contributed by atoms with E-state index in [4.69, 9.17) is 4.42 Å². The Bertz CT molecular complexity index is 602. The molecule has 0 unspecified atom stereocenters. The van der Waals surface area contributed by atoms with Crippen LogP contribution in [0.1, 0.15) is 38.6 Å². The molecule has 5 heteroatoms. The van der Waals surface area contributed by atoms with Crippen molar-refractivity contribution >= 4 is 15.9 Å². The van der Waals surface area contributed by atoms with Gasteiger partial charge in [0, 0.05) is 22.0 Å². The molecule has 1 heterocycles. The number of rotatable bonds is 5. The van der Waals surface area contributed by atoms with Crippen molar-refractivity contribution < 1.29 is 4.42 Å². The van der Waals surface area contributed by atoms with Gasteiger partial charge in [-0.15, -0.1) is 10.2 Å². The highest BCUT2D eigenvalue weighted by molar-refractivity contribution is 9.10. The van der Waals surface area contributed by atoms with Crippen LogP contribution in [0, 0.1) is 6.92 Å². The molecule has 0 radical (unpaired) electrons. The quantitative estimate of drug-likeness (QED) is 0.822. The molecule has 0 aliphatic carbocycles. The molecular weight excluding hydrogens is 330 g/mol. The molecule has 1 N–H and O–H groups in total. The van der Waals surface area contributed by atoms with Gasteiger partial charge in [0.15, 0.2) is 0 Å². The predicted octanol–water partition coefficient (Wildman–Crippen LogP) is 4.13. The van der Waals surface area contributed by atoms with Crippen LogP contribution >= 0.6 is 15.9 Å². The second-order valence-corrected chi connectivity index (χ2v) is 7.10. The van der Waals surface area contributed by atoms with Crippen LogP contribution in [0.5, 0.6) is 0 Å². The molecule has 0 bridgehead atoms. The average Bonchev–Trinajstić information content (AvgIpc) is 2.86. The fourth-order valence-electron chi connectivity index (χ4n) is 1.95. The number of nitrogens with one attached hydrogen (secondary N) is 1. The third kappa shape index (κ3) is 4.93. The maximum Gasteiger partial charge on any atom is 0.247 e. The van der Waals surface area contributed by atoms with E-state index >= 15 is 0 Å². The lowest BCUT2D eigenvalue weighted by molar-refractivity contribution is 0.412. The van der Waals surface area contributed by atoms with Gasteiger partial charge in [0.1, 0.15) is 0 Å². The monoisotopic (exact) mass is 351 g/mol. The molecule has 4 nitrogen and oxygen atoms in total. The molecule has 0 spiro atoms. The summed E-state index contributed by atoms with van der Waals surface area (Å²) < 4.78 is 6.81. The number of aryl methyl sites for hydroxylation is 2. The summed E-state index contributed by atoms with van der Waals surface area (Å²) >= 11 is 3.49. The lowest BCUT2D eigenvalue weighted by Crippen LogP contribution is -2.36. The second kappa shape index (κ2) is 6.71. The molecule has 0 saturated carbocycles. The number of nitrogens with zero attached hydrogens (tertiary/aromatic N) is 2. The van der Waals surface area contributed by atoms with E-state index in [9.17, 15) is 0 Å². The Morgan fingerprint density at radius 1 is 1.24 bits per heavy atom. The molecule has 0 atom stereocenters. The zero-order valence-corrected chi connectivity index (χ0v) is 14.6. The van der Waals surface area contributed by atoms with Crippen molar-refractivity contribution in [3.8, 4) is 11.5 Å². The van der Waals surface area contributed by atoms with E-state index in [0.29, 0.717) is 11.8 Å². The normalized spacial score (nSPS) is 11.9. The maximum atomic E-state index is 5.73. The summed E-state index contributed by atoms with van der Waals surface area (Å²) in [7, 11) is 0. The third-order valence-electron chi connectivity index (χ3n) is 3.09. The van der Waals surface area contributed by atoms with E-state index in [1.54, 1.807) is 0 Å². The largest absolute Gasteiger partial charge is 0.421 e. The SMILES string of the molecule is Cc1cc(-c2nnc(CCCNC(C)(C)C)o2)ccc1Br. The minimum Gasteiger partial charge on any atom is -0.421 e. The zero-order valence-electron chi connectivity index (χ0n) is 13.0. The molecule has 0 amide bonds. The minimum absolute atomic E-state index is 0.148. The first kappa shape index (κ1) is 16.2. The van der Waals surface area contributed by atoms with E-state index < -0.39 is 0 Å². The van der Waals surface area contributed by atoms with Crippen molar-refractivity contribution in [2.45, 2.75) is 46.1 Å². The molecule has 0 aliphatic heterocycles. The highest BCUT2D eigenvalue weighted by Gasteiger charge is 2.11. The molecule has 2 aromatic rings. The van der Waals surface area contributed by atoms with Crippen LogP contribution in [0.25, 0.3) is 11.5 Å². The van der Waals surface area contributed by atoms with Gasteiger partial charge in [-0.3, -0.25) is 0 Å². The van der Waals surface area contributed by atoms with Crippen molar-refractivity contribution in [2.24, 2.45) is 0 Å². The van der Waals surface area contributed by atoms with E-state index in [2.05, 4.69) is 52.2 Å². The van der Waals surface area contributed by atoms with Gasteiger partial charge in [-0.05, 0) is 64.4 Å². The standard InChI is InChI=1S/C16H22BrN3O/c1-11-10-12(7-8-13(11)17)15-20-19-14(21-15)6-5-9-18-16(2,3)4/h7-8,10,18H,5-6,9H2,1-4H3. The highest BCUT2D eigenvalue weighted by atomic mass is 79.9. The predicted molar refractivity (Wildman–Crippen MR) is 88.2 cm³/mol. The number of hydrogen-bond donors (Lipinski definition) is 1. The van der Waals surface area contributed by atoms with Gasteiger partial charge in [0.2, 0.25) is 11.8 Å². The summed E-state index contributed by atoms with van der Waals surface area (Å²) in [5.74, 6) is 1.28. The number of hydrogen-bond acceptors (Lipinski definition) is 4. The van der Waals surface area contributed by atoms with Gasteiger partial charge in [0.25, 0.3) is 0 Å². The third-order valence-corrected chi connectivity index (χ3v) is 3.98. The van der Waals surface area contributed by atoms with Crippen molar-refractivity contribution in [1.29, 1.82) is 0 Å². The first-order valence-corrected chi connectivity index (χ1v) is 7.98. The maximum absolute atomic E-state index is 5.73. The molecule has 1 aromatic carbocycles. The first-order chi connectivity index (χ1) is 9.85. The fraction of sp³-hybridized carbons (Fsp3) is 0.500. The molecule has 21 heavy (non-hydrogen) atoms. The summed E-state index contributed by atoms with van der Waals surface area (Å²) in [5.41, 5.74) is 2.26. The van der Waals surface area contributed by atoms with Crippen molar-refractivity contribution in [2.75, 3.05) is 6.54 Å². The summed E-state index contributed by atoms with van der Waals surface area (Å²) in [6.45, 7) is 9.47. The van der Waals surface area contributed by atoms with Crippen molar-refractivity contribution in [3.63, 3.8) is 0 Å². The topological polar surface area (TPSA) is 51.0 Å². The smallest absolute Gasteiger partial charge is 0.247 e. The lowest BCUT2D eigenvalue weighted by Gasteiger charge is -2.19. The van der Waals surface area contributed by atoms with Gasteiger partial charge in [0.05, 0.1) is 0 Å². The molecular formula is C16H22BrN3O. The molecule has 2 rings (SSSR count). The highest BCUT2D eigenvalue weighted by Crippen LogP contribution is 2.24. The van der Waals surface area contributed by atoms with Crippen LogP contribution in [0.3, 0.4) is 0 Å². The lowest BCUT2D eigenvalue weighted by atomic mass is 10.1. The number of halogens is 1. The van der Waals surface area contributed by atoms with Crippen LogP contribution in [-0.4, -0.2) is 22.3 Å². The molecule has 0 fully saturated rings. The number of benzene rings is 1. The number of aromatic nitrogens is 2. The summed E-state index contributed by atoms with van der Waals surface area (Å²) in [4.78, 5) is 0. The van der Waals surface area contributed by atoms with Crippen LogP contribution in [0.4, 0.5) is 0 Å². The van der Waals surface area contributed by atoms with E-state index in [1.165, 1.54) is 0 Å². The van der Waals surface area contributed by atoms with Gasteiger partial charge in [-0.1, -0.05) is 15.9 Å². The minimum atomic E-state index is 0.148. The zero-order chi connectivity index (χ0) is 15.5. The van der Waals surface area contributed by atoms with Gasteiger partial charge >= 0.3 is 0 Å². The van der Waals surface area contributed by atoms with Gasteiger partial charge < -0.3 is 9.73 Å².